The number of ether oxygens (including phenoxy) is 1. The molecule has 0 unspecified atom stereocenters. The van der Waals surface area contributed by atoms with Gasteiger partial charge in [-0.3, -0.25) is 14.2 Å². The van der Waals surface area contributed by atoms with Crippen molar-refractivity contribution in [2.75, 3.05) is 37.0 Å². The van der Waals surface area contributed by atoms with Crippen molar-refractivity contribution in [1.82, 2.24) is 19.9 Å². The lowest BCUT2D eigenvalue weighted by molar-refractivity contribution is -0.122. The molecule has 4 rings (SSSR count). The Hall–Kier alpha value is -3.40. The van der Waals surface area contributed by atoms with Gasteiger partial charge in [0.05, 0.1) is 11.7 Å². The number of piperidine rings is 1. The maximum Gasteiger partial charge on any atom is 0.293 e. The summed E-state index contributed by atoms with van der Waals surface area (Å²) in [6, 6.07) is 4.08. The summed E-state index contributed by atoms with van der Waals surface area (Å²) in [5.74, 6) is -0.0929. The highest BCUT2D eigenvalue weighted by Crippen LogP contribution is 2.30. The van der Waals surface area contributed by atoms with Gasteiger partial charge in [-0.1, -0.05) is 11.6 Å². The number of rotatable bonds is 7. The predicted molar refractivity (Wildman–Crippen MR) is 135 cm³/mol. The van der Waals surface area contributed by atoms with Crippen molar-refractivity contribution in [3.8, 4) is 5.75 Å². The highest BCUT2D eigenvalue weighted by Gasteiger charge is 2.19. The molecule has 35 heavy (non-hydrogen) atoms. The molecular weight excluding hydrogens is 475 g/mol. The van der Waals surface area contributed by atoms with Crippen LogP contribution >= 0.6 is 11.6 Å². The number of likely N-dealkylation sites (N-methyl/N-ethyl adjacent to an activating group) is 1. The molecule has 1 aliphatic rings. The van der Waals surface area contributed by atoms with E-state index in [9.17, 15) is 9.59 Å². The molecular formula is C24H28ClFN6O3. The molecule has 0 aliphatic carbocycles. The molecule has 1 aliphatic heterocycles. The third kappa shape index (κ3) is 5.32. The number of hydrogen-bond donors (Lipinski definition) is 2. The molecule has 0 radical (unpaired) electrons. The van der Waals surface area contributed by atoms with E-state index in [-0.39, 0.29) is 29.8 Å². The number of benzene rings is 1. The fraction of sp³-hybridized carbons (Fsp3) is 0.417. The van der Waals surface area contributed by atoms with E-state index in [0.717, 1.165) is 25.9 Å². The molecule has 2 aromatic heterocycles. The van der Waals surface area contributed by atoms with Crippen LogP contribution in [0, 0.1) is 5.82 Å². The summed E-state index contributed by atoms with van der Waals surface area (Å²) < 4.78 is 22.1. The van der Waals surface area contributed by atoms with Crippen molar-refractivity contribution in [3.05, 3.63) is 45.6 Å². The summed E-state index contributed by atoms with van der Waals surface area (Å²) in [7, 11) is 1.47. The van der Waals surface area contributed by atoms with E-state index in [1.165, 1.54) is 36.4 Å². The molecule has 0 saturated carbocycles. The van der Waals surface area contributed by atoms with Crippen LogP contribution in [-0.2, 0) is 4.79 Å². The standard InChI is InChI=1S/C24H28ClFN6O3/c1-14(2)32-21-15(10-19(23(32)34)35-13-20(33)27-3)9-16(11-18(21)26)29-22-17(25)12-28-24(30-22)31-7-5-4-6-8-31/h9-12,14H,4-8,13H2,1-3H3,(H,27,33)(H,28,29,30). The first-order chi connectivity index (χ1) is 16.8. The van der Waals surface area contributed by atoms with E-state index in [4.69, 9.17) is 16.3 Å². The van der Waals surface area contributed by atoms with Crippen LogP contribution in [0.4, 0.5) is 21.8 Å². The number of anilines is 3. The van der Waals surface area contributed by atoms with E-state index in [1.54, 1.807) is 19.9 Å². The molecule has 11 heteroatoms. The fourth-order valence-corrected chi connectivity index (χ4v) is 4.26. The Kier molecular flexibility index (Phi) is 7.39. The monoisotopic (exact) mass is 502 g/mol. The van der Waals surface area contributed by atoms with E-state index in [2.05, 4.69) is 25.5 Å². The van der Waals surface area contributed by atoms with Gasteiger partial charge in [0.25, 0.3) is 11.5 Å². The van der Waals surface area contributed by atoms with Crippen molar-refractivity contribution < 1.29 is 13.9 Å². The molecule has 9 nitrogen and oxygen atoms in total. The Morgan fingerprint density at radius 3 is 2.66 bits per heavy atom. The minimum atomic E-state index is -0.588. The lowest BCUT2D eigenvalue weighted by atomic mass is 10.1. The lowest BCUT2D eigenvalue weighted by Gasteiger charge is -2.27. The highest BCUT2D eigenvalue weighted by molar-refractivity contribution is 6.32. The second-order valence-corrected chi connectivity index (χ2v) is 9.08. The molecule has 0 bridgehead atoms. The van der Waals surface area contributed by atoms with Crippen molar-refractivity contribution in [2.24, 2.45) is 0 Å². The summed E-state index contributed by atoms with van der Waals surface area (Å²) in [6.45, 7) is 4.97. The molecule has 2 N–H and O–H groups in total. The minimum absolute atomic E-state index is 0.0428. The van der Waals surface area contributed by atoms with Gasteiger partial charge in [0.2, 0.25) is 5.95 Å². The van der Waals surface area contributed by atoms with Gasteiger partial charge in [-0.25, -0.2) is 9.37 Å². The maximum absolute atomic E-state index is 15.3. The highest BCUT2D eigenvalue weighted by atomic mass is 35.5. The van der Waals surface area contributed by atoms with Crippen LogP contribution in [0.5, 0.6) is 5.75 Å². The molecule has 3 aromatic rings. The molecule has 1 amide bonds. The van der Waals surface area contributed by atoms with E-state index in [1.807, 2.05) is 0 Å². The van der Waals surface area contributed by atoms with Crippen molar-refractivity contribution in [1.29, 1.82) is 0 Å². The predicted octanol–water partition coefficient (Wildman–Crippen LogP) is 4.02. The molecule has 1 saturated heterocycles. The van der Waals surface area contributed by atoms with Crippen LogP contribution in [-0.4, -0.2) is 47.2 Å². The number of aromatic nitrogens is 3. The van der Waals surface area contributed by atoms with Crippen molar-refractivity contribution in [3.63, 3.8) is 0 Å². The Morgan fingerprint density at radius 2 is 1.97 bits per heavy atom. The largest absolute Gasteiger partial charge is 0.478 e. The normalized spacial score (nSPS) is 13.8. The summed E-state index contributed by atoms with van der Waals surface area (Å²) in [6.07, 6.45) is 4.86. The van der Waals surface area contributed by atoms with E-state index >= 15 is 4.39 Å². The number of carbonyl (C=O) groups excluding carboxylic acids is 1. The van der Waals surface area contributed by atoms with Crippen LogP contribution in [0.2, 0.25) is 5.02 Å². The second-order valence-electron chi connectivity index (χ2n) is 8.67. The summed E-state index contributed by atoms with van der Waals surface area (Å²) >= 11 is 6.34. The number of nitrogens with one attached hydrogen (secondary N) is 2. The van der Waals surface area contributed by atoms with Crippen LogP contribution < -0.4 is 25.8 Å². The van der Waals surface area contributed by atoms with Gasteiger partial charge in [-0.15, -0.1) is 0 Å². The van der Waals surface area contributed by atoms with Gasteiger partial charge < -0.3 is 20.3 Å². The van der Waals surface area contributed by atoms with Crippen molar-refractivity contribution >= 4 is 45.9 Å². The van der Waals surface area contributed by atoms with Gasteiger partial charge in [0.1, 0.15) is 10.8 Å². The number of hydrogen-bond acceptors (Lipinski definition) is 7. The zero-order valence-electron chi connectivity index (χ0n) is 19.9. The molecule has 1 aromatic carbocycles. The van der Waals surface area contributed by atoms with Gasteiger partial charge >= 0.3 is 0 Å². The zero-order chi connectivity index (χ0) is 25.1. The molecule has 186 valence electrons. The Balaban J connectivity index is 1.73. The number of halogens is 2. The first-order valence-corrected chi connectivity index (χ1v) is 11.9. The zero-order valence-corrected chi connectivity index (χ0v) is 20.7. The number of amides is 1. The summed E-state index contributed by atoms with van der Waals surface area (Å²) in [5, 5.41) is 6.25. The summed E-state index contributed by atoms with van der Waals surface area (Å²) in [4.78, 5) is 35.6. The Bertz CT molecular complexity index is 1310. The average molecular weight is 503 g/mol. The number of pyridine rings is 1. The van der Waals surface area contributed by atoms with Crippen LogP contribution in [0.3, 0.4) is 0 Å². The third-order valence-corrected chi connectivity index (χ3v) is 6.11. The van der Waals surface area contributed by atoms with Gasteiger partial charge in [-0.2, -0.15) is 4.98 Å². The van der Waals surface area contributed by atoms with E-state index in [0.29, 0.717) is 27.9 Å². The molecule has 0 spiro atoms. The lowest BCUT2D eigenvalue weighted by Crippen LogP contribution is -2.31. The maximum atomic E-state index is 15.3. The second kappa shape index (κ2) is 10.5. The van der Waals surface area contributed by atoms with Crippen LogP contribution in [0.15, 0.2) is 29.2 Å². The number of nitrogens with zero attached hydrogens (tertiary/aromatic N) is 4. The quantitative estimate of drug-likeness (QED) is 0.503. The Labute approximate surface area is 207 Å². The minimum Gasteiger partial charge on any atom is -0.478 e. The molecule has 1 fully saturated rings. The smallest absolute Gasteiger partial charge is 0.293 e. The van der Waals surface area contributed by atoms with Gasteiger partial charge in [0.15, 0.2) is 18.2 Å². The topological polar surface area (TPSA) is 101 Å². The third-order valence-electron chi connectivity index (χ3n) is 5.84. The van der Waals surface area contributed by atoms with Crippen molar-refractivity contribution in [2.45, 2.75) is 39.2 Å². The van der Waals surface area contributed by atoms with Gasteiger partial charge in [0, 0.05) is 37.3 Å². The number of fused-ring (bicyclic) bond motifs is 1. The first-order valence-electron chi connectivity index (χ1n) is 11.5. The molecule has 3 heterocycles. The summed E-state index contributed by atoms with van der Waals surface area (Å²) in [5.41, 5.74) is 0.0260. The Morgan fingerprint density at radius 1 is 1.23 bits per heavy atom. The average Bonchev–Trinajstić information content (AvgIpc) is 2.84. The first kappa shape index (κ1) is 24.7. The van der Waals surface area contributed by atoms with Gasteiger partial charge in [-0.05, 0) is 51.3 Å². The molecule has 0 atom stereocenters. The van der Waals surface area contributed by atoms with Crippen LogP contribution in [0.1, 0.15) is 39.2 Å². The van der Waals surface area contributed by atoms with E-state index < -0.39 is 11.4 Å². The number of carbonyl (C=O) groups is 1. The SMILES string of the molecule is CNC(=O)COc1cc2cc(Nc3nc(N4CCCCC4)ncc3Cl)cc(F)c2n(C(C)C)c1=O. The fourth-order valence-electron chi connectivity index (χ4n) is 4.12. The van der Waals surface area contributed by atoms with Crippen LogP contribution in [0.25, 0.3) is 10.9 Å².